The van der Waals surface area contributed by atoms with Gasteiger partial charge in [0.1, 0.15) is 5.60 Å². The third-order valence-electron chi connectivity index (χ3n) is 2.49. The molecule has 1 atom stereocenters. The number of carbonyl (C=O) groups is 1. The van der Waals surface area contributed by atoms with Gasteiger partial charge in [-0.2, -0.15) is 5.26 Å². The number of nitrogens with zero attached hydrogens (tertiary/aromatic N) is 1. The van der Waals surface area contributed by atoms with E-state index in [2.05, 4.69) is 6.07 Å². The van der Waals surface area contributed by atoms with Crippen LogP contribution in [-0.2, 0) is 9.53 Å². The van der Waals surface area contributed by atoms with Gasteiger partial charge in [0.2, 0.25) is 0 Å². The summed E-state index contributed by atoms with van der Waals surface area (Å²) in [6.07, 6.45) is 0.621. The smallest absolute Gasteiger partial charge is 0.306 e. The molecule has 0 N–H and O–H groups in total. The molecule has 1 rings (SSSR count). The highest BCUT2D eigenvalue weighted by Crippen LogP contribution is 2.27. The molecule has 0 aliphatic heterocycles. The van der Waals surface area contributed by atoms with Crippen LogP contribution in [0, 0.1) is 11.3 Å². The second-order valence-electron chi connectivity index (χ2n) is 5.33. The molecule has 0 spiro atoms. The van der Waals surface area contributed by atoms with Gasteiger partial charge in [0.25, 0.3) is 0 Å². The molecule has 1 aromatic rings. The first-order valence-electron chi connectivity index (χ1n) is 6.19. The van der Waals surface area contributed by atoms with E-state index in [1.165, 1.54) is 0 Å². The van der Waals surface area contributed by atoms with Gasteiger partial charge in [-0.25, -0.2) is 0 Å². The van der Waals surface area contributed by atoms with Gasteiger partial charge in [0, 0.05) is 11.4 Å². The zero-order valence-electron chi connectivity index (χ0n) is 11.4. The van der Waals surface area contributed by atoms with Crippen molar-refractivity contribution in [3.8, 4) is 6.07 Å². The normalized spacial score (nSPS) is 12.6. The number of benzene rings is 1. The SMILES string of the molecule is CC(C)(C)OC(=O)CCC(C#N)c1ccccc1Cl. The minimum absolute atomic E-state index is 0.209. The number of halogens is 1. The van der Waals surface area contributed by atoms with Crippen molar-refractivity contribution < 1.29 is 9.53 Å². The molecule has 0 amide bonds. The summed E-state index contributed by atoms with van der Waals surface area (Å²) in [5, 5.41) is 9.74. The zero-order valence-corrected chi connectivity index (χ0v) is 12.2. The van der Waals surface area contributed by atoms with E-state index < -0.39 is 5.60 Å². The zero-order chi connectivity index (χ0) is 14.5. The highest BCUT2D eigenvalue weighted by atomic mass is 35.5. The average Bonchev–Trinajstić information content (AvgIpc) is 2.29. The van der Waals surface area contributed by atoms with Gasteiger partial charge < -0.3 is 4.74 Å². The summed E-state index contributed by atoms with van der Waals surface area (Å²) >= 11 is 6.05. The Bertz CT molecular complexity index is 486. The number of carbonyl (C=O) groups excluding carboxylic acids is 1. The lowest BCUT2D eigenvalue weighted by molar-refractivity contribution is -0.154. The fraction of sp³-hybridized carbons (Fsp3) is 0.467. The molecule has 0 aromatic heterocycles. The topological polar surface area (TPSA) is 50.1 Å². The van der Waals surface area contributed by atoms with Crippen molar-refractivity contribution in [2.45, 2.75) is 45.1 Å². The monoisotopic (exact) mass is 279 g/mol. The third kappa shape index (κ3) is 5.32. The largest absolute Gasteiger partial charge is 0.460 e. The Balaban J connectivity index is 2.63. The third-order valence-corrected chi connectivity index (χ3v) is 2.84. The Labute approximate surface area is 119 Å². The Morgan fingerprint density at radius 3 is 2.58 bits per heavy atom. The minimum atomic E-state index is -0.496. The highest BCUT2D eigenvalue weighted by molar-refractivity contribution is 6.31. The van der Waals surface area contributed by atoms with E-state index in [0.29, 0.717) is 11.4 Å². The quantitative estimate of drug-likeness (QED) is 0.781. The van der Waals surface area contributed by atoms with Crippen molar-refractivity contribution in [1.82, 2.24) is 0 Å². The van der Waals surface area contributed by atoms with Gasteiger partial charge in [-0.15, -0.1) is 0 Å². The Morgan fingerprint density at radius 1 is 1.42 bits per heavy atom. The van der Waals surface area contributed by atoms with E-state index >= 15 is 0 Å². The fourth-order valence-electron chi connectivity index (χ4n) is 1.70. The van der Waals surface area contributed by atoms with Crippen LogP contribution in [0.4, 0.5) is 0 Å². The standard InChI is InChI=1S/C15H18ClNO2/c1-15(2,3)19-14(18)9-8-11(10-17)12-6-4-5-7-13(12)16/h4-7,11H,8-9H2,1-3H3. The molecular formula is C15H18ClNO2. The van der Waals surface area contributed by atoms with E-state index in [0.717, 1.165) is 5.56 Å². The molecular weight excluding hydrogens is 262 g/mol. The number of nitriles is 1. The van der Waals surface area contributed by atoms with Crippen LogP contribution in [-0.4, -0.2) is 11.6 Å². The first-order chi connectivity index (χ1) is 8.83. The fourth-order valence-corrected chi connectivity index (χ4v) is 1.97. The summed E-state index contributed by atoms with van der Waals surface area (Å²) in [4.78, 5) is 11.6. The molecule has 3 nitrogen and oxygen atoms in total. The molecule has 0 aliphatic rings. The number of hydrogen-bond acceptors (Lipinski definition) is 3. The Kier molecular flexibility index (Phi) is 5.38. The lowest BCUT2D eigenvalue weighted by Crippen LogP contribution is -2.23. The molecule has 1 aromatic carbocycles. The first-order valence-corrected chi connectivity index (χ1v) is 6.57. The van der Waals surface area contributed by atoms with Crippen LogP contribution in [0.15, 0.2) is 24.3 Å². The Morgan fingerprint density at radius 2 is 2.05 bits per heavy atom. The predicted octanol–water partition coefficient (Wildman–Crippen LogP) is 4.07. The molecule has 4 heteroatoms. The molecule has 0 bridgehead atoms. The second-order valence-corrected chi connectivity index (χ2v) is 5.74. The summed E-state index contributed by atoms with van der Waals surface area (Å²) < 4.78 is 5.22. The minimum Gasteiger partial charge on any atom is -0.460 e. The van der Waals surface area contributed by atoms with Crippen molar-refractivity contribution in [2.75, 3.05) is 0 Å². The van der Waals surface area contributed by atoms with Gasteiger partial charge in [-0.1, -0.05) is 29.8 Å². The molecule has 0 heterocycles. The summed E-state index contributed by atoms with van der Waals surface area (Å²) in [6.45, 7) is 5.46. The molecule has 0 saturated carbocycles. The van der Waals surface area contributed by atoms with E-state index in [1.807, 2.05) is 39.0 Å². The van der Waals surface area contributed by atoms with Crippen LogP contribution >= 0.6 is 11.6 Å². The molecule has 0 aliphatic carbocycles. The van der Waals surface area contributed by atoms with Gasteiger partial charge in [0.05, 0.1) is 12.0 Å². The molecule has 0 fully saturated rings. The van der Waals surface area contributed by atoms with Crippen molar-refractivity contribution in [1.29, 1.82) is 5.26 Å². The summed E-state index contributed by atoms with van der Waals surface area (Å²) in [5.41, 5.74) is 0.263. The lowest BCUT2D eigenvalue weighted by atomic mass is 9.95. The van der Waals surface area contributed by atoms with Gasteiger partial charge >= 0.3 is 5.97 Å². The molecule has 102 valence electrons. The number of ether oxygens (including phenoxy) is 1. The van der Waals surface area contributed by atoms with Gasteiger partial charge in [0.15, 0.2) is 0 Å². The maximum absolute atomic E-state index is 11.6. The van der Waals surface area contributed by atoms with Crippen LogP contribution in [0.5, 0.6) is 0 Å². The molecule has 19 heavy (non-hydrogen) atoms. The van der Waals surface area contributed by atoms with E-state index in [9.17, 15) is 10.1 Å². The second kappa shape index (κ2) is 6.58. The van der Waals surface area contributed by atoms with Crippen LogP contribution < -0.4 is 0 Å². The van der Waals surface area contributed by atoms with Crippen molar-refractivity contribution >= 4 is 17.6 Å². The average molecular weight is 280 g/mol. The predicted molar refractivity (Wildman–Crippen MR) is 74.9 cm³/mol. The molecule has 0 radical (unpaired) electrons. The summed E-state index contributed by atoms with van der Waals surface area (Å²) in [5.74, 6) is -0.680. The van der Waals surface area contributed by atoms with E-state index in [1.54, 1.807) is 6.07 Å². The van der Waals surface area contributed by atoms with Crippen LogP contribution in [0.3, 0.4) is 0 Å². The molecule has 1 unspecified atom stereocenters. The first kappa shape index (κ1) is 15.5. The number of esters is 1. The van der Waals surface area contributed by atoms with Crippen LogP contribution in [0.1, 0.15) is 45.1 Å². The number of rotatable bonds is 4. The van der Waals surface area contributed by atoms with E-state index in [-0.39, 0.29) is 18.3 Å². The Hall–Kier alpha value is -1.53. The van der Waals surface area contributed by atoms with Crippen LogP contribution in [0.25, 0.3) is 0 Å². The van der Waals surface area contributed by atoms with Gasteiger partial charge in [-0.05, 0) is 38.8 Å². The number of hydrogen-bond donors (Lipinski definition) is 0. The van der Waals surface area contributed by atoms with Gasteiger partial charge in [-0.3, -0.25) is 4.79 Å². The summed E-state index contributed by atoms with van der Waals surface area (Å²) in [7, 11) is 0. The lowest BCUT2D eigenvalue weighted by Gasteiger charge is -2.20. The van der Waals surface area contributed by atoms with E-state index in [4.69, 9.17) is 16.3 Å². The summed E-state index contributed by atoms with van der Waals surface area (Å²) in [6, 6.07) is 9.39. The highest BCUT2D eigenvalue weighted by Gasteiger charge is 2.19. The van der Waals surface area contributed by atoms with Crippen molar-refractivity contribution in [3.05, 3.63) is 34.9 Å². The maximum atomic E-state index is 11.6. The maximum Gasteiger partial charge on any atom is 0.306 e. The van der Waals surface area contributed by atoms with Crippen LogP contribution in [0.2, 0.25) is 5.02 Å². The van der Waals surface area contributed by atoms with Crippen molar-refractivity contribution in [2.24, 2.45) is 0 Å². The van der Waals surface area contributed by atoms with Crippen molar-refractivity contribution in [3.63, 3.8) is 0 Å². The molecule has 0 saturated heterocycles.